The smallest absolute Gasteiger partial charge is 0.321 e. The molecule has 0 radical (unpaired) electrons. The molecule has 136 valence electrons. The van der Waals surface area contributed by atoms with E-state index in [-0.39, 0.29) is 13.1 Å². The van der Waals surface area contributed by atoms with Gasteiger partial charge in [-0.05, 0) is 36.4 Å². The molecular weight excluding hydrogens is 338 g/mol. The molecule has 0 aromatic carbocycles. The molecule has 0 atom stereocenters. The number of nitrogens with zero attached hydrogens (tertiary/aromatic N) is 1. The summed E-state index contributed by atoms with van der Waals surface area (Å²) in [7, 11) is 0. The van der Waals surface area contributed by atoms with Crippen LogP contribution in [0.25, 0.3) is 0 Å². The first-order chi connectivity index (χ1) is 12.7. The van der Waals surface area contributed by atoms with Gasteiger partial charge in [-0.2, -0.15) is 0 Å². The number of rotatable bonds is 8. The summed E-state index contributed by atoms with van der Waals surface area (Å²) in [6, 6.07) is 10.1. The van der Waals surface area contributed by atoms with Crippen molar-refractivity contribution in [3.8, 4) is 0 Å². The lowest BCUT2D eigenvalue weighted by Gasteiger charge is -2.19. The summed E-state index contributed by atoms with van der Waals surface area (Å²) < 4.78 is 15.8. The van der Waals surface area contributed by atoms with Crippen LogP contribution in [0.3, 0.4) is 0 Å². The van der Waals surface area contributed by atoms with Gasteiger partial charge in [0, 0.05) is 0 Å². The quantitative estimate of drug-likeness (QED) is 0.642. The number of amides is 3. The standard InChI is InChI=1S/C18H19N3O5/c22-17(20-18(23)19-10-14-4-1-7-24-14)13-21(11-15-5-2-8-25-15)12-16-6-3-9-26-16/h1-9H,10-13H2,(H2,19,20,22,23). The first kappa shape index (κ1) is 17.6. The fourth-order valence-electron chi connectivity index (χ4n) is 2.41. The van der Waals surface area contributed by atoms with Crippen LogP contribution in [0.2, 0.25) is 0 Å². The number of carbonyl (C=O) groups excluding carboxylic acids is 2. The van der Waals surface area contributed by atoms with E-state index in [1.54, 1.807) is 36.8 Å². The molecule has 2 N–H and O–H groups in total. The van der Waals surface area contributed by atoms with Gasteiger partial charge in [0.05, 0.1) is 45.0 Å². The van der Waals surface area contributed by atoms with Crippen molar-refractivity contribution in [3.63, 3.8) is 0 Å². The highest BCUT2D eigenvalue weighted by atomic mass is 16.3. The molecule has 0 unspecified atom stereocenters. The van der Waals surface area contributed by atoms with Crippen molar-refractivity contribution in [2.45, 2.75) is 19.6 Å². The van der Waals surface area contributed by atoms with Crippen LogP contribution in [0.1, 0.15) is 17.3 Å². The highest BCUT2D eigenvalue weighted by Gasteiger charge is 2.16. The maximum absolute atomic E-state index is 12.2. The Bertz CT molecular complexity index is 758. The number of furan rings is 3. The Kier molecular flexibility index (Phi) is 5.89. The maximum Gasteiger partial charge on any atom is 0.321 e. The Morgan fingerprint density at radius 2 is 1.38 bits per heavy atom. The Balaban J connectivity index is 1.51. The summed E-state index contributed by atoms with van der Waals surface area (Å²) in [5, 5.41) is 4.86. The van der Waals surface area contributed by atoms with Gasteiger partial charge in [0.1, 0.15) is 17.3 Å². The Hall–Kier alpha value is -3.26. The minimum atomic E-state index is -0.581. The van der Waals surface area contributed by atoms with Gasteiger partial charge in [0.2, 0.25) is 5.91 Å². The van der Waals surface area contributed by atoms with Gasteiger partial charge in [0.25, 0.3) is 0 Å². The molecule has 3 aromatic heterocycles. The number of hydrogen-bond donors (Lipinski definition) is 2. The summed E-state index contributed by atoms with van der Waals surface area (Å²) in [5.41, 5.74) is 0. The van der Waals surface area contributed by atoms with Crippen LogP contribution in [0, 0.1) is 0 Å². The van der Waals surface area contributed by atoms with E-state index in [2.05, 4.69) is 10.6 Å². The second kappa shape index (κ2) is 8.72. The largest absolute Gasteiger partial charge is 0.468 e. The predicted octanol–water partition coefficient (Wildman–Crippen LogP) is 2.49. The Morgan fingerprint density at radius 3 is 1.88 bits per heavy atom. The molecule has 0 saturated carbocycles. The second-order valence-electron chi connectivity index (χ2n) is 5.61. The predicted molar refractivity (Wildman–Crippen MR) is 90.6 cm³/mol. The van der Waals surface area contributed by atoms with E-state index in [4.69, 9.17) is 13.3 Å². The average molecular weight is 357 g/mol. The molecule has 26 heavy (non-hydrogen) atoms. The molecule has 3 amide bonds. The van der Waals surface area contributed by atoms with Crippen molar-refractivity contribution in [1.82, 2.24) is 15.5 Å². The van der Waals surface area contributed by atoms with Gasteiger partial charge in [-0.15, -0.1) is 0 Å². The van der Waals surface area contributed by atoms with Gasteiger partial charge in [-0.25, -0.2) is 4.79 Å². The molecule has 3 aromatic rings. The fraction of sp³-hybridized carbons (Fsp3) is 0.222. The maximum atomic E-state index is 12.2. The molecule has 0 aliphatic carbocycles. The van der Waals surface area contributed by atoms with Crippen molar-refractivity contribution in [1.29, 1.82) is 0 Å². The van der Waals surface area contributed by atoms with Crippen molar-refractivity contribution in [2.75, 3.05) is 6.54 Å². The van der Waals surface area contributed by atoms with Crippen molar-refractivity contribution in [2.24, 2.45) is 0 Å². The zero-order valence-corrected chi connectivity index (χ0v) is 14.0. The summed E-state index contributed by atoms with van der Waals surface area (Å²) in [4.78, 5) is 25.8. The molecule has 0 aliphatic heterocycles. The van der Waals surface area contributed by atoms with E-state index in [0.29, 0.717) is 30.4 Å². The van der Waals surface area contributed by atoms with Gasteiger partial charge < -0.3 is 18.6 Å². The summed E-state index contributed by atoms with van der Waals surface area (Å²) in [5.74, 6) is 1.60. The fourth-order valence-corrected chi connectivity index (χ4v) is 2.41. The number of hydrogen-bond acceptors (Lipinski definition) is 6. The van der Waals surface area contributed by atoms with Gasteiger partial charge >= 0.3 is 6.03 Å². The van der Waals surface area contributed by atoms with Gasteiger partial charge in [-0.1, -0.05) is 0 Å². The summed E-state index contributed by atoms with van der Waals surface area (Å²) in [6.45, 7) is 1.04. The van der Waals surface area contributed by atoms with Crippen LogP contribution >= 0.6 is 0 Å². The number of carbonyl (C=O) groups is 2. The Labute approximate surface area is 149 Å². The van der Waals surface area contributed by atoms with E-state index >= 15 is 0 Å². The van der Waals surface area contributed by atoms with Crippen LogP contribution in [-0.2, 0) is 24.4 Å². The monoisotopic (exact) mass is 357 g/mol. The highest BCUT2D eigenvalue weighted by molar-refractivity contribution is 5.95. The molecule has 0 aliphatic rings. The molecule has 0 fully saturated rings. The summed E-state index contributed by atoms with van der Waals surface area (Å²) >= 11 is 0. The number of nitrogens with one attached hydrogen (secondary N) is 2. The average Bonchev–Trinajstić information content (AvgIpc) is 3.36. The van der Waals surface area contributed by atoms with Crippen molar-refractivity contribution < 1.29 is 22.8 Å². The third kappa shape index (κ3) is 5.38. The van der Waals surface area contributed by atoms with E-state index in [1.807, 2.05) is 17.0 Å². The first-order valence-corrected chi connectivity index (χ1v) is 8.06. The minimum absolute atomic E-state index is 0.00950. The van der Waals surface area contributed by atoms with Gasteiger partial charge in [0.15, 0.2) is 0 Å². The number of imide groups is 1. The lowest BCUT2D eigenvalue weighted by atomic mass is 10.3. The van der Waals surface area contributed by atoms with Crippen molar-refractivity contribution in [3.05, 3.63) is 72.5 Å². The van der Waals surface area contributed by atoms with E-state index in [1.165, 1.54) is 6.26 Å². The molecule has 3 rings (SSSR count). The van der Waals surface area contributed by atoms with Crippen molar-refractivity contribution >= 4 is 11.9 Å². The molecular formula is C18H19N3O5. The second-order valence-corrected chi connectivity index (χ2v) is 5.61. The summed E-state index contributed by atoms with van der Waals surface area (Å²) in [6.07, 6.45) is 4.66. The zero-order valence-electron chi connectivity index (χ0n) is 14.0. The van der Waals surface area contributed by atoms with Crippen LogP contribution in [0.5, 0.6) is 0 Å². The molecule has 0 saturated heterocycles. The highest BCUT2D eigenvalue weighted by Crippen LogP contribution is 2.10. The number of urea groups is 1. The normalized spacial score (nSPS) is 10.8. The molecule has 3 heterocycles. The third-order valence-corrected chi connectivity index (χ3v) is 3.54. The van der Waals surface area contributed by atoms with E-state index in [9.17, 15) is 9.59 Å². The topological polar surface area (TPSA) is 101 Å². The Morgan fingerprint density at radius 1 is 0.846 bits per heavy atom. The lowest BCUT2D eigenvalue weighted by molar-refractivity contribution is -0.121. The van der Waals surface area contributed by atoms with Crippen LogP contribution in [0.4, 0.5) is 4.79 Å². The first-order valence-electron chi connectivity index (χ1n) is 8.06. The third-order valence-electron chi connectivity index (χ3n) is 3.54. The zero-order chi connectivity index (χ0) is 18.2. The molecule has 0 spiro atoms. The minimum Gasteiger partial charge on any atom is -0.468 e. The lowest BCUT2D eigenvalue weighted by Crippen LogP contribution is -2.44. The SMILES string of the molecule is O=C(CN(Cc1ccco1)Cc1ccco1)NC(=O)NCc1ccco1. The van der Waals surface area contributed by atoms with Crippen LogP contribution < -0.4 is 10.6 Å². The molecule has 8 nitrogen and oxygen atoms in total. The van der Waals surface area contributed by atoms with E-state index < -0.39 is 11.9 Å². The van der Waals surface area contributed by atoms with Crippen LogP contribution in [0.15, 0.2) is 68.4 Å². The van der Waals surface area contributed by atoms with Crippen LogP contribution in [-0.4, -0.2) is 23.4 Å². The van der Waals surface area contributed by atoms with E-state index in [0.717, 1.165) is 0 Å². The molecule has 0 bridgehead atoms. The van der Waals surface area contributed by atoms with Gasteiger partial charge in [-0.3, -0.25) is 15.0 Å². The molecule has 8 heteroatoms.